The molecule has 33 heavy (non-hydrogen) atoms. The summed E-state index contributed by atoms with van der Waals surface area (Å²) in [7, 11) is 5.76. The summed E-state index contributed by atoms with van der Waals surface area (Å²) in [6, 6.07) is 12.2. The Morgan fingerprint density at radius 1 is 1.09 bits per heavy atom. The number of carbonyl (C=O) groups excluding carboxylic acids is 1. The molecule has 1 aromatic carbocycles. The van der Waals surface area contributed by atoms with Gasteiger partial charge in [-0.2, -0.15) is 0 Å². The second-order valence-electron chi connectivity index (χ2n) is 9.38. The molecule has 0 radical (unpaired) electrons. The molecule has 0 unspecified atom stereocenters. The van der Waals surface area contributed by atoms with Gasteiger partial charge in [0.25, 0.3) is 0 Å². The summed E-state index contributed by atoms with van der Waals surface area (Å²) >= 11 is 0. The molecule has 1 fully saturated rings. The number of allylic oxidation sites excluding steroid dienone is 1. The number of benzene rings is 1. The molecule has 6 heteroatoms. The van der Waals surface area contributed by atoms with Gasteiger partial charge in [0.1, 0.15) is 11.6 Å². The molecule has 1 saturated heterocycles. The quantitative estimate of drug-likeness (QED) is 0.600. The molecule has 0 bridgehead atoms. The SMILES string of the molecule is COc1cccc(CN2CC=CC[C@H](C3CCN(Cc4cccnc4N(C)C)CC3)C2=O)c1. The number of piperidine rings is 1. The van der Waals surface area contributed by atoms with Crippen molar-refractivity contribution in [2.45, 2.75) is 32.4 Å². The second-order valence-corrected chi connectivity index (χ2v) is 9.38. The summed E-state index contributed by atoms with van der Waals surface area (Å²) in [6.07, 6.45) is 9.19. The van der Waals surface area contributed by atoms with Gasteiger partial charge in [0.2, 0.25) is 5.91 Å². The van der Waals surface area contributed by atoms with Crippen LogP contribution < -0.4 is 9.64 Å². The molecule has 4 rings (SSSR count). The van der Waals surface area contributed by atoms with Crippen LogP contribution >= 0.6 is 0 Å². The molecule has 176 valence electrons. The molecule has 0 saturated carbocycles. The average Bonchev–Trinajstić information content (AvgIpc) is 3.01. The first kappa shape index (κ1) is 23.3. The number of rotatable bonds is 7. The van der Waals surface area contributed by atoms with Gasteiger partial charge in [0, 0.05) is 51.4 Å². The molecule has 3 heterocycles. The summed E-state index contributed by atoms with van der Waals surface area (Å²) in [5.41, 5.74) is 2.37. The number of aromatic nitrogens is 1. The minimum absolute atomic E-state index is 0.0761. The summed E-state index contributed by atoms with van der Waals surface area (Å²) in [5.74, 6) is 2.68. The van der Waals surface area contributed by atoms with Crippen molar-refractivity contribution in [1.82, 2.24) is 14.8 Å². The van der Waals surface area contributed by atoms with Crippen molar-refractivity contribution >= 4 is 11.7 Å². The van der Waals surface area contributed by atoms with Gasteiger partial charge in [-0.1, -0.05) is 30.4 Å². The van der Waals surface area contributed by atoms with E-state index < -0.39 is 0 Å². The molecule has 2 aliphatic rings. The highest BCUT2D eigenvalue weighted by atomic mass is 16.5. The Hall–Kier alpha value is -2.86. The number of anilines is 1. The average molecular weight is 449 g/mol. The normalized spacial score (nSPS) is 20.0. The van der Waals surface area contributed by atoms with Gasteiger partial charge in [0.15, 0.2) is 0 Å². The summed E-state index contributed by atoms with van der Waals surface area (Å²) in [4.78, 5) is 24.7. The minimum Gasteiger partial charge on any atom is -0.497 e. The molecular formula is C27H36N4O2. The third-order valence-corrected chi connectivity index (χ3v) is 6.91. The number of carbonyl (C=O) groups is 1. The number of methoxy groups -OCH3 is 1. The predicted molar refractivity (Wildman–Crippen MR) is 132 cm³/mol. The standard InChI is InChI=1S/C27H36N4O2/c1-29(2)26-23(9-7-14-28-26)20-30-16-12-22(13-17-30)25-11-4-5-15-31(27(25)32)19-21-8-6-10-24(18-21)33-3/h4-10,14,18,22,25H,11-13,15-17,19-20H2,1-3H3/t25-/m1/s1. The fraction of sp³-hybridized carbons (Fsp3) is 0.481. The van der Waals surface area contributed by atoms with E-state index in [4.69, 9.17) is 4.74 Å². The lowest BCUT2D eigenvalue weighted by Crippen LogP contribution is -2.42. The fourth-order valence-electron chi connectivity index (χ4n) is 5.11. The van der Waals surface area contributed by atoms with Crippen LogP contribution in [0.2, 0.25) is 0 Å². The minimum atomic E-state index is 0.0761. The lowest BCUT2D eigenvalue weighted by Gasteiger charge is -2.37. The van der Waals surface area contributed by atoms with Crippen LogP contribution in [0.15, 0.2) is 54.7 Å². The van der Waals surface area contributed by atoms with Crippen LogP contribution in [-0.2, 0) is 17.9 Å². The first-order valence-corrected chi connectivity index (χ1v) is 12.0. The van der Waals surface area contributed by atoms with Crippen LogP contribution in [0.3, 0.4) is 0 Å². The Bertz CT molecular complexity index is 966. The van der Waals surface area contributed by atoms with Crippen molar-refractivity contribution < 1.29 is 9.53 Å². The van der Waals surface area contributed by atoms with Crippen LogP contribution in [0.25, 0.3) is 0 Å². The fourth-order valence-corrected chi connectivity index (χ4v) is 5.11. The van der Waals surface area contributed by atoms with Crippen molar-refractivity contribution in [3.8, 4) is 5.75 Å². The molecule has 1 aromatic heterocycles. The predicted octanol–water partition coefficient (Wildman–Crippen LogP) is 3.97. The van der Waals surface area contributed by atoms with E-state index in [9.17, 15) is 4.79 Å². The number of nitrogens with zero attached hydrogens (tertiary/aromatic N) is 4. The molecule has 1 atom stereocenters. The first-order valence-electron chi connectivity index (χ1n) is 12.0. The molecule has 6 nitrogen and oxygen atoms in total. The van der Waals surface area contributed by atoms with E-state index >= 15 is 0 Å². The van der Waals surface area contributed by atoms with Gasteiger partial charge in [-0.15, -0.1) is 0 Å². The molecule has 0 N–H and O–H groups in total. The number of pyridine rings is 1. The Labute approximate surface area is 197 Å². The number of amides is 1. The molecule has 0 aliphatic carbocycles. The molecule has 2 aliphatic heterocycles. The zero-order chi connectivity index (χ0) is 23.2. The Balaban J connectivity index is 1.37. The number of hydrogen-bond acceptors (Lipinski definition) is 5. The van der Waals surface area contributed by atoms with E-state index in [1.54, 1.807) is 7.11 Å². The lowest BCUT2D eigenvalue weighted by molar-refractivity contribution is -0.137. The van der Waals surface area contributed by atoms with Crippen LogP contribution in [0.1, 0.15) is 30.4 Å². The second kappa shape index (κ2) is 10.8. The van der Waals surface area contributed by atoms with E-state index in [0.29, 0.717) is 24.9 Å². The number of ether oxygens (including phenoxy) is 1. The highest BCUT2D eigenvalue weighted by molar-refractivity contribution is 5.80. The Morgan fingerprint density at radius 3 is 2.67 bits per heavy atom. The van der Waals surface area contributed by atoms with Gasteiger partial charge < -0.3 is 14.5 Å². The molecular weight excluding hydrogens is 412 g/mol. The number of likely N-dealkylation sites (tertiary alicyclic amines) is 1. The van der Waals surface area contributed by atoms with Gasteiger partial charge in [-0.25, -0.2) is 4.98 Å². The van der Waals surface area contributed by atoms with Crippen molar-refractivity contribution in [3.63, 3.8) is 0 Å². The maximum Gasteiger partial charge on any atom is 0.226 e. The van der Waals surface area contributed by atoms with Crippen molar-refractivity contribution in [3.05, 3.63) is 65.9 Å². The van der Waals surface area contributed by atoms with Crippen LogP contribution in [0, 0.1) is 11.8 Å². The smallest absolute Gasteiger partial charge is 0.226 e. The zero-order valence-electron chi connectivity index (χ0n) is 20.1. The third kappa shape index (κ3) is 5.74. The summed E-state index contributed by atoms with van der Waals surface area (Å²) in [6.45, 7) is 4.27. The van der Waals surface area contributed by atoms with E-state index in [1.165, 1.54) is 5.56 Å². The van der Waals surface area contributed by atoms with Gasteiger partial charge in [-0.05, 0) is 62.0 Å². The maximum atomic E-state index is 13.5. The van der Waals surface area contributed by atoms with E-state index in [0.717, 1.165) is 56.0 Å². The highest BCUT2D eigenvalue weighted by Crippen LogP contribution is 2.32. The molecule has 1 amide bonds. The van der Waals surface area contributed by atoms with Crippen LogP contribution in [0.4, 0.5) is 5.82 Å². The van der Waals surface area contributed by atoms with Crippen molar-refractivity contribution in [2.24, 2.45) is 11.8 Å². The number of hydrogen-bond donors (Lipinski definition) is 0. The monoisotopic (exact) mass is 448 g/mol. The zero-order valence-corrected chi connectivity index (χ0v) is 20.1. The lowest BCUT2D eigenvalue weighted by atomic mass is 9.81. The van der Waals surface area contributed by atoms with Crippen molar-refractivity contribution in [2.75, 3.05) is 45.7 Å². The van der Waals surface area contributed by atoms with E-state index in [1.807, 2.05) is 49.5 Å². The maximum absolute atomic E-state index is 13.5. The highest BCUT2D eigenvalue weighted by Gasteiger charge is 2.34. The van der Waals surface area contributed by atoms with Crippen molar-refractivity contribution in [1.29, 1.82) is 0 Å². The van der Waals surface area contributed by atoms with E-state index in [-0.39, 0.29) is 5.92 Å². The molecule has 2 aromatic rings. The summed E-state index contributed by atoms with van der Waals surface area (Å²) < 4.78 is 5.36. The third-order valence-electron chi connectivity index (χ3n) is 6.91. The largest absolute Gasteiger partial charge is 0.497 e. The Kier molecular flexibility index (Phi) is 7.65. The van der Waals surface area contributed by atoms with Gasteiger partial charge in [0.05, 0.1) is 7.11 Å². The van der Waals surface area contributed by atoms with Crippen LogP contribution in [0.5, 0.6) is 5.75 Å². The topological polar surface area (TPSA) is 48.9 Å². The van der Waals surface area contributed by atoms with Gasteiger partial charge in [-0.3, -0.25) is 9.69 Å². The van der Waals surface area contributed by atoms with Gasteiger partial charge >= 0.3 is 0 Å². The van der Waals surface area contributed by atoms with E-state index in [2.05, 4.69) is 39.1 Å². The first-order chi connectivity index (χ1) is 16.0. The summed E-state index contributed by atoms with van der Waals surface area (Å²) in [5, 5.41) is 0. The van der Waals surface area contributed by atoms with Crippen LogP contribution in [-0.4, -0.2) is 61.5 Å². The Morgan fingerprint density at radius 2 is 1.91 bits per heavy atom. The molecule has 0 spiro atoms.